The summed E-state index contributed by atoms with van der Waals surface area (Å²) in [7, 11) is 0. The Morgan fingerprint density at radius 1 is 1.11 bits per heavy atom. The average Bonchev–Trinajstić information content (AvgIpc) is 2.38. The van der Waals surface area contributed by atoms with Gasteiger partial charge in [0.25, 0.3) is 6.08 Å². The van der Waals surface area contributed by atoms with E-state index in [-0.39, 0.29) is 16.7 Å². The van der Waals surface area contributed by atoms with Gasteiger partial charge in [-0.05, 0) is 42.4 Å². The molecule has 0 unspecified atom stereocenters. The number of hydrogen-bond donors (Lipinski definition) is 1. The molecule has 1 saturated carbocycles. The van der Waals surface area contributed by atoms with Crippen LogP contribution >= 0.6 is 0 Å². The van der Waals surface area contributed by atoms with Gasteiger partial charge in [0.05, 0.1) is 0 Å². The van der Waals surface area contributed by atoms with Gasteiger partial charge in [-0.2, -0.15) is 8.78 Å². The van der Waals surface area contributed by atoms with Gasteiger partial charge in [-0.3, -0.25) is 0 Å². The van der Waals surface area contributed by atoms with Gasteiger partial charge in [0.1, 0.15) is 5.75 Å². The molecule has 1 nitrogen and oxygen atoms in total. The number of aromatic hydroxyl groups is 1. The molecule has 104 valence electrons. The number of phenols is 1. The number of phenolic OH excluding ortho intramolecular Hbond substituents is 1. The molecule has 1 aliphatic carbocycles. The second-order valence-electron chi connectivity index (χ2n) is 5.83. The Labute approximate surface area is 113 Å². The fraction of sp³-hybridized carbons (Fsp3) is 0.500. The summed E-state index contributed by atoms with van der Waals surface area (Å²) in [5.74, 6) is 0.103. The van der Waals surface area contributed by atoms with Crippen LogP contribution in [0, 0.1) is 5.41 Å². The molecule has 2 rings (SSSR count). The molecule has 1 N–H and O–H groups in total. The second-order valence-corrected chi connectivity index (χ2v) is 5.83. The largest absolute Gasteiger partial charge is 0.508 e. The second kappa shape index (κ2) is 5.72. The molecule has 0 saturated heterocycles. The van der Waals surface area contributed by atoms with Gasteiger partial charge in [-0.15, -0.1) is 0 Å². The Morgan fingerprint density at radius 3 is 2.21 bits per heavy atom. The van der Waals surface area contributed by atoms with Crippen LogP contribution in [0.4, 0.5) is 8.78 Å². The Balaban J connectivity index is 2.22. The van der Waals surface area contributed by atoms with Crippen LogP contribution in [0.3, 0.4) is 0 Å². The van der Waals surface area contributed by atoms with Crippen molar-refractivity contribution in [2.24, 2.45) is 5.41 Å². The third kappa shape index (κ3) is 3.55. The van der Waals surface area contributed by atoms with E-state index in [0.29, 0.717) is 12.0 Å². The normalized spacial score (nSPS) is 18.1. The summed E-state index contributed by atoms with van der Waals surface area (Å²) in [5, 5.41) is 9.25. The van der Waals surface area contributed by atoms with Crippen LogP contribution in [0.25, 0.3) is 5.57 Å². The molecule has 0 aromatic heterocycles. The summed E-state index contributed by atoms with van der Waals surface area (Å²) in [6.45, 7) is 2.11. The van der Waals surface area contributed by atoms with Crippen LogP contribution in [-0.4, -0.2) is 5.11 Å². The van der Waals surface area contributed by atoms with Gasteiger partial charge < -0.3 is 5.11 Å². The molecule has 0 heterocycles. The molecule has 3 heteroatoms. The number of rotatable bonds is 3. The minimum absolute atomic E-state index is 0.0189. The van der Waals surface area contributed by atoms with Crippen molar-refractivity contribution < 1.29 is 13.9 Å². The van der Waals surface area contributed by atoms with E-state index >= 15 is 0 Å². The predicted molar refractivity (Wildman–Crippen MR) is 73.1 cm³/mol. The van der Waals surface area contributed by atoms with E-state index in [0.717, 1.165) is 25.7 Å². The number of benzene rings is 1. The molecule has 0 atom stereocenters. The molecule has 19 heavy (non-hydrogen) atoms. The summed E-state index contributed by atoms with van der Waals surface area (Å²) < 4.78 is 26.5. The zero-order valence-electron chi connectivity index (χ0n) is 11.3. The van der Waals surface area contributed by atoms with Gasteiger partial charge in [-0.1, -0.05) is 38.3 Å². The first-order chi connectivity index (χ1) is 9.00. The van der Waals surface area contributed by atoms with E-state index in [1.54, 1.807) is 12.1 Å². The Bertz CT molecular complexity index is 452. The average molecular weight is 266 g/mol. The van der Waals surface area contributed by atoms with Crippen molar-refractivity contribution >= 4 is 5.57 Å². The maximum absolute atomic E-state index is 13.2. The van der Waals surface area contributed by atoms with Crippen molar-refractivity contribution in [3.8, 4) is 5.75 Å². The summed E-state index contributed by atoms with van der Waals surface area (Å²) in [4.78, 5) is 0. The van der Waals surface area contributed by atoms with Crippen LogP contribution in [0.15, 0.2) is 30.3 Å². The van der Waals surface area contributed by atoms with Gasteiger partial charge >= 0.3 is 0 Å². The lowest BCUT2D eigenvalue weighted by atomic mass is 9.71. The highest BCUT2D eigenvalue weighted by atomic mass is 19.3. The van der Waals surface area contributed by atoms with E-state index in [4.69, 9.17) is 0 Å². The molecule has 1 aromatic carbocycles. The molecule has 0 bridgehead atoms. The summed E-state index contributed by atoms with van der Waals surface area (Å²) in [6, 6.07) is 6.05. The minimum atomic E-state index is -1.60. The van der Waals surface area contributed by atoms with E-state index in [2.05, 4.69) is 6.92 Å². The van der Waals surface area contributed by atoms with Crippen molar-refractivity contribution in [3.63, 3.8) is 0 Å². The van der Waals surface area contributed by atoms with Crippen LogP contribution in [0.1, 0.15) is 51.0 Å². The van der Waals surface area contributed by atoms with E-state index in [1.165, 1.54) is 18.6 Å². The number of halogens is 2. The third-order valence-electron chi connectivity index (χ3n) is 4.11. The number of hydrogen-bond acceptors (Lipinski definition) is 1. The van der Waals surface area contributed by atoms with Crippen LogP contribution in [0.2, 0.25) is 0 Å². The molecule has 1 fully saturated rings. The van der Waals surface area contributed by atoms with E-state index in [9.17, 15) is 13.9 Å². The fourth-order valence-electron chi connectivity index (χ4n) is 2.95. The Morgan fingerprint density at radius 2 is 1.68 bits per heavy atom. The first-order valence-corrected chi connectivity index (χ1v) is 6.84. The van der Waals surface area contributed by atoms with Crippen molar-refractivity contribution in [1.82, 2.24) is 0 Å². The highest BCUT2D eigenvalue weighted by Gasteiger charge is 2.29. The monoisotopic (exact) mass is 266 g/mol. The molecule has 1 aliphatic rings. The van der Waals surface area contributed by atoms with Crippen molar-refractivity contribution in [2.45, 2.75) is 45.4 Å². The molecule has 0 spiro atoms. The first kappa shape index (κ1) is 14.0. The predicted octanol–water partition coefficient (Wildman–Crippen LogP) is 5.36. The summed E-state index contributed by atoms with van der Waals surface area (Å²) >= 11 is 0. The quantitative estimate of drug-likeness (QED) is 0.780. The lowest BCUT2D eigenvalue weighted by Gasteiger charge is -2.34. The summed E-state index contributed by atoms with van der Waals surface area (Å²) in [5.41, 5.74) is 0.628. The standard InChI is InChI=1S/C16H20F2O/c1-16(9-3-2-4-10-16)11-14(15(17)18)12-5-7-13(19)8-6-12/h5-8,19H,2-4,9-11H2,1H3. The topological polar surface area (TPSA) is 20.2 Å². The lowest BCUT2D eigenvalue weighted by molar-refractivity contribution is 0.220. The van der Waals surface area contributed by atoms with Gasteiger partial charge in [0, 0.05) is 5.57 Å². The maximum Gasteiger partial charge on any atom is 0.274 e. The third-order valence-corrected chi connectivity index (χ3v) is 4.11. The summed E-state index contributed by atoms with van der Waals surface area (Å²) in [6.07, 6.45) is 4.33. The molecular weight excluding hydrogens is 246 g/mol. The maximum atomic E-state index is 13.2. The van der Waals surface area contributed by atoms with Crippen LogP contribution in [0.5, 0.6) is 5.75 Å². The van der Waals surface area contributed by atoms with Gasteiger partial charge in [0.2, 0.25) is 0 Å². The zero-order valence-corrected chi connectivity index (χ0v) is 11.3. The molecular formula is C16H20F2O. The minimum Gasteiger partial charge on any atom is -0.508 e. The molecule has 1 aromatic rings. The number of allylic oxidation sites excluding steroid dienone is 1. The highest BCUT2D eigenvalue weighted by Crippen LogP contribution is 2.44. The van der Waals surface area contributed by atoms with Crippen molar-refractivity contribution in [3.05, 3.63) is 35.9 Å². The van der Waals surface area contributed by atoms with Crippen LogP contribution in [-0.2, 0) is 0 Å². The zero-order chi connectivity index (χ0) is 13.9. The molecule has 0 aliphatic heterocycles. The first-order valence-electron chi connectivity index (χ1n) is 6.84. The van der Waals surface area contributed by atoms with Gasteiger partial charge in [-0.25, -0.2) is 0 Å². The molecule has 0 amide bonds. The Kier molecular flexibility index (Phi) is 4.23. The van der Waals surface area contributed by atoms with Crippen molar-refractivity contribution in [2.75, 3.05) is 0 Å². The van der Waals surface area contributed by atoms with Crippen molar-refractivity contribution in [1.29, 1.82) is 0 Å². The van der Waals surface area contributed by atoms with E-state index < -0.39 is 6.08 Å². The van der Waals surface area contributed by atoms with Crippen LogP contribution < -0.4 is 0 Å². The smallest absolute Gasteiger partial charge is 0.274 e. The Hall–Kier alpha value is -1.38. The SMILES string of the molecule is CC1(CC(=C(F)F)c2ccc(O)cc2)CCCCC1. The highest BCUT2D eigenvalue weighted by molar-refractivity contribution is 5.67. The van der Waals surface area contributed by atoms with Gasteiger partial charge in [0.15, 0.2) is 0 Å². The fourth-order valence-corrected chi connectivity index (χ4v) is 2.95. The van der Waals surface area contributed by atoms with E-state index in [1.807, 2.05) is 0 Å². The molecule has 0 radical (unpaired) electrons. The lowest BCUT2D eigenvalue weighted by Crippen LogP contribution is -2.20.